The zero-order valence-electron chi connectivity index (χ0n) is 17.9. The SMILES string of the molecule is CC(CC(=O)O)NC(=O)CCC(=O)O.COc1ccccc1C.Cc1ccccc1. The van der Waals surface area contributed by atoms with Gasteiger partial charge in [0.2, 0.25) is 5.91 Å². The maximum absolute atomic E-state index is 11.0. The van der Waals surface area contributed by atoms with Gasteiger partial charge in [-0.25, -0.2) is 0 Å². The lowest BCUT2D eigenvalue weighted by molar-refractivity contribution is -0.140. The standard InChI is InChI=1S/C8H13NO5.C8H10O.C7H8/c1-5(4-8(13)14)9-6(10)2-3-7(11)12;1-7-5-3-4-6-8(7)9-2;1-7-5-3-2-4-6-7/h5H,2-4H2,1H3,(H,9,10)(H,11,12)(H,13,14);3-6H,1-2H3;2-6H,1H3. The van der Waals surface area contributed by atoms with Crippen LogP contribution in [-0.4, -0.2) is 41.2 Å². The molecule has 0 aromatic heterocycles. The van der Waals surface area contributed by atoms with Crippen LogP contribution in [0.15, 0.2) is 54.6 Å². The third kappa shape index (κ3) is 14.7. The predicted molar refractivity (Wildman–Crippen MR) is 116 cm³/mol. The van der Waals surface area contributed by atoms with E-state index in [9.17, 15) is 14.4 Å². The molecule has 0 spiro atoms. The first-order valence-electron chi connectivity index (χ1n) is 9.49. The van der Waals surface area contributed by atoms with Crippen LogP contribution in [0.5, 0.6) is 5.75 Å². The molecule has 0 saturated heterocycles. The van der Waals surface area contributed by atoms with Gasteiger partial charge < -0.3 is 20.3 Å². The number of nitrogens with one attached hydrogen (secondary N) is 1. The fraction of sp³-hybridized carbons (Fsp3) is 0.348. The van der Waals surface area contributed by atoms with Crippen LogP contribution in [0.2, 0.25) is 0 Å². The number of methoxy groups -OCH3 is 1. The predicted octanol–water partition coefficient (Wildman–Crippen LogP) is 3.83. The summed E-state index contributed by atoms with van der Waals surface area (Å²) in [6, 6.07) is 17.7. The molecule has 7 heteroatoms. The molecule has 7 nitrogen and oxygen atoms in total. The molecule has 0 aliphatic rings. The van der Waals surface area contributed by atoms with E-state index < -0.39 is 23.9 Å². The van der Waals surface area contributed by atoms with Gasteiger partial charge in [0, 0.05) is 12.5 Å². The van der Waals surface area contributed by atoms with Crippen LogP contribution >= 0.6 is 0 Å². The Morgan fingerprint density at radius 3 is 1.87 bits per heavy atom. The normalized spacial score (nSPS) is 10.3. The Hall–Kier alpha value is -3.35. The van der Waals surface area contributed by atoms with Crippen molar-refractivity contribution in [3.8, 4) is 5.75 Å². The van der Waals surface area contributed by atoms with Gasteiger partial charge in [-0.3, -0.25) is 14.4 Å². The van der Waals surface area contributed by atoms with Crippen LogP contribution in [0.1, 0.15) is 37.3 Å². The Bertz CT molecular complexity index is 776. The molecule has 1 unspecified atom stereocenters. The van der Waals surface area contributed by atoms with Crippen LogP contribution in [0.3, 0.4) is 0 Å². The first-order valence-corrected chi connectivity index (χ1v) is 9.49. The highest BCUT2D eigenvalue weighted by Crippen LogP contribution is 2.14. The third-order valence-corrected chi connectivity index (χ3v) is 3.71. The average molecular weight is 418 g/mol. The molecule has 3 N–H and O–H groups in total. The maximum atomic E-state index is 11.0. The number of para-hydroxylation sites is 1. The topological polar surface area (TPSA) is 113 Å². The lowest BCUT2D eigenvalue weighted by Gasteiger charge is -2.10. The second-order valence-electron chi connectivity index (χ2n) is 6.58. The fourth-order valence-electron chi connectivity index (χ4n) is 2.20. The number of rotatable bonds is 7. The molecule has 0 heterocycles. The number of benzene rings is 2. The number of carbonyl (C=O) groups is 3. The summed E-state index contributed by atoms with van der Waals surface area (Å²) in [6.07, 6.45) is -0.538. The Morgan fingerprint density at radius 1 is 0.900 bits per heavy atom. The minimum atomic E-state index is -1.05. The lowest BCUT2D eigenvalue weighted by Crippen LogP contribution is -2.34. The van der Waals surface area contributed by atoms with Crippen molar-refractivity contribution in [1.29, 1.82) is 0 Å². The largest absolute Gasteiger partial charge is 0.496 e. The minimum absolute atomic E-state index is 0.126. The van der Waals surface area contributed by atoms with E-state index in [1.54, 1.807) is 14.0 Å². The Labute approximate surface area is 177 Å². The van der Waals surface area contributed by atoms with Gasteiger partial charge in [-0.2, -0.15) is 0 Å². The van der Waals surface area contributed by atoms with E-state index in [4.69, 9.17) is 14.9 Å². The van der Waals surface area contributed by atoms with Gasteiger partial charge in [-0.15, -0.1) is 0 Å². The minimum Gasteiger partial charge on any atom is -0.496 e. The molecule has 0 saturated carbocycles. The summed E-state index contributed by atoms with van der Waals surface area (Å²) in [5, 5.41) is 19.0. The van der Waals surface area contributed by atoms with Gasteiger partial charge >= 0.3 is 11.9 Å². The summed E-state index contributed by atoms with van der Waals surface area (Å²) in [5.41, 5.74) is 2.50. The van der Waals surface area contributed by atoms with Crippen molar-refractivity contribution in [2.24, 2.45) is 0 Å². The summed E-state index contributed by atoms with van der Waals surface area (Å²) in [5.74, 6) is -1.54. The summed E-state index contributed by atoms with van der Waals surface area (Å²) in [4.78, 5) is 31.3. The highest BCUT2D eigenvalue weighted by Gasteiger charge is 2.11. The lowest BCUT2D eigenvalue weighted by atomic mass is 10.2. The summed E-state index contributed by atoms with van der Waals surface area (Å²) < 4.78 is 5.04. The van der Waals surface area contributed by atoms with Crippen molar-refractivity contribution in [1.82, 2.24) is 5.32 Å². The molecule has 0 fully saturated rings. The quantitative estimate of drug-likeness (QED) is 0.631. The van der Waals surface area contributed by atoms with Gasteiger partial charge in [0.25, 0.3) is 0 Å². The molecule has 1 atom stereocenters. The fourth-order valence-corrected chi connectivity index (χ4v) is 2.20. The van der Waals surface area contributed by atoms with Crippen molar-refractivity contribution in [2.75, 3.05) is 7.11 Å². The molecule has 0 radical (unpaired) electrons. The van der Waals surface area contributed by atoms with E-state index in [0.29, 0.717) is 0 Å². The molecular formula is C23H31NO6. The number of carboxylic acids is 2. The molecule has 30 heavy (non-hydrogen) atoms. The third-order valence-electron chi connectivity index (χ3n) is 3.71. The van der Waals surface area contributed by atoms with Crippen LogP contribution < -0.4 is 10.1 Å². The summed E-state index contributed by atoms with van der Waals surface area (Å²) in [7, 11) is 1.68. The van der Waals surface area contributed by atoms with E-state index >= 15 is 0 Å². The number of hydrogen-bond donors (Lipinski definition) is 3. The maximum Gasteiger partial charge on any atom is 0.305 e. The number of carboxylic acid groups (broad SMARTS) is 2. The number of aryl methyl sites for hydroxylation is 2. The number of hydrogen-bond acceptors (Lipinski definition) is 4. The first-order chi connectivity index (χ1) is 14.1. The summed E-state index contributed by atoms with van der Waals surface area (Å²) in [6.45, 7) is 5.66. The van der Waals surface area contributed by atoms with Crippen LogP contribution in [0.4, 0.5) is 0 Å². The van der Waals surface area contributed by atoms with Crippen molar-refractivity contribution < 1.29 is 29.3 Å². The molecule has 0 bridgehead atoms. The number of ether oxygens (including phenoxy) is 1. The number of amides is 1. The van der Waals surface area contributed by atoms with E-state index in [0.717, 1.165) is 5.75 Å². The molecule has 0 aliphatic heterocycles. The first kappa shape index (κ1) is 26.6. The molecule has 2 rings (SSSR count). The average Bonchev–Trinajstić information content (AvgIpc) is 2.68. The number of aliphatic carboxylic acids is 2. The van der Waals surface area contributed by atoms with E-state index in [1.807, 2.05) is 49.4 Å². The second-order valence-corrected chi connectivity index (χ2v) is 6.58. The summed E-state index contributed by atoms with van der Waals surface area (Å²) >= 11 is 0. The molecule has 0 aliphatic carbocycles. The van der Waals surface area contributed by atoms with Crippen molar-refractivity contribution in [3.05, 3.63) is 65.7 Å². The zero-order valence-corrected chi connectivity index (χ0v) is 17.9. The van der Waals surface area contributed by atoms with Crippen LogP contribution in [0, 0.1) is 13.8 Å². The van der Waals surface area contributed by atoms with Crippen LogP contribution in [-0.2, 0) is 14.4 Å². The highest BCUT2D eigenvalue weighted by atomic mass is 16.5. The van der Waals surface area contributed by atoms with Crippen molar-refractivity contribution in [3.63, 3.8) is 0 Å². The van der Waals surface area contributed by atoms with Crippen molar-refractivity contribution >= 4 is 17.8 Å². The van der Waals surface area contributed by atoms with Gasteiger partial charge in [-0.1, -0.05) is 54.1 Å². The van der Waals surface area contributed by atoms with Crippen molar-refractivity contribution in [2.45, 2.75) is 46.1 Å². The molecule has 2 aromatic carbocycles. The molecule has 2 aromatic rings. The van der Waals surface area contributed by atoms with E-state index in [1.165, 1.54) is 11.1 Å². The molecule has 1 amide bonds. The van der Waals surface area contributed by atoms with Gasteiger partial charge in [0.05, 0.1) is 20.0 Å². The van der Waals surface area contributed by atoms with E-state index in [-0.39, 0.29) is 19.3 Å². The van der Waals surface area contributed by atoms with E-state index in [2.05, 4.69) is 24.4 Å². The Kier molecular flexibility index (Phi) is 13.8. The van der Waals surface area contributed by atoms with Crippen LogP contribution in [0.25, 0.3) is 0 Å². The number of carbonyl (C=O) groups excluding carboxylic acids is 1. The molecular weight excluding hydrogens is 386 g/mol. The highest BCUT2D eigenvalue weighted by molar-refractivity contribution is 5.81. The molecule has 164 valence electrons. The second kappa shape index (κ2) is 15.6. The smallest absolute Gasteiger partial charge is 0.305 e. The van der Waals surface area contributed by atoms with Gasteiger partial charge in [0.1, 0.15) is 5.75 Å². The Balaban J connectivity index is 0.000000448. The monoisotopic (exact) mass is 417 g/mol. The zero-order chi connectivity index (χ0) is 22.9. The van der Waals surface area contributed by atoms with Gasteiger partial charge in [-0.05, 0) is 32.4 Å². The van der Waals surface area contributed by atoms with Gasteiger partial charge in [0.15, 0.2) is 0 Å². The Morgan fingerprint density at radius 2 is 1.47 bits per heavy atom.